The van der Waals surface area contributed by atoms with Crippen molar-refractivity contribution >= 4 is 13.3 Å². The zero-order chi connectivity index (χ0) is 20.2. The fourth-order valence-electron chi connectivity index (χ4n) is 3.17. The van der Waals surface area contributed by atoms with Crippen molar-refractivity contribution in [3.63, 3.8) is 0 Å². The molecule has 2 atom stereocenters. The van der Waals surface area contributed by atoms with E-state index in [9.17, 15) is 5.11 Å². The molecule has 2 rings (SSSR count). The molecule has 0 unspecified atom stereocenters. The Morgan fingerprint density at radius 1 is 0.964 bits per heavy atom. The van der Waals surface area contributed by atoms with Gasteiger partial charge in [-0.1, -0.05) is 90.7 Å². The molecule has 0 aliphatic heterocycles. The van der Waals surface area contributed by atoms with Gasteiger partial charge in [-0.2, -0.15) is 0 Å². The highest BCUT2D eigenvalue weighted by Gasteiger charge is 2.22. The molecule has 0 spiro atoms. The Hall–Kier alpha value is -1.72. The van der Waals surface area contributed by atoms with Gasteiger partial charge in [-0.05, 0) is 24.8 Å². The summed E-state index contributed by atoms with van der Waals surface area (Å²) in [5.74, 6) is 0. The van der Waals surface area contributed by atoms with Crippen molar-refractivity contribution in [1.82, 2.24) is 0 Å². The summed E-state index contributed by atoms with van der Waals surface area (Å²) in [4.78, 5) is 0. The Morgan fingerprint density at radius 2 is 1.61 bits per heavy atom. The van der Waals surface area contributed by atoms with Crippen LogP contribution in [0.1, 0.15) is 24.8 Å². The number of aliphatic hydroxyl groups is 1. The predicted octanol–water partition coefficient (Wildman–Crippen LogP) is 4.46. The fraction of sp³-hybridized carbons (Fsp3) is 0.417. The second-order valence-corrected chi connectivity index (χ2v) is 12.1. The molecule has 0 fully saturated rings. The number of methoxy groups -OCH3 is 1. The molecule has 152 valence electrons. The molecule has 0 aliphatic carbocycles. The minimum absolute atomic E-state index is 0.175. The Morgan fingerprint density at radius 3 is 2.25 bits per heavy atom. The van der Waals surface area contributed by atoms with Crippen molar-refractivity contribution in [3.05, 3.63) is 78.0 Å². The lowest BCUT2D eigenvalue weighted by atomic mass is 10.1. The molecule has 4 heteroatoms. The molecular formula is C24H34O3Si. The topological polar surface area (TPSA) is 38.7 Å². The monoisotopic (exact) mass is 398 g/mol. The van der Waals surface area contributed by atoms with E-state index in [4.69, 9.17) is 9.47 Å². The molecule has 28 heavy (non-hydrogen) atoms. The first-order valence-electron chi connectivity index (χ1n) is 10.1. The molecule has 2 aromatic rings. The molecule has 0 bridgehead atoms. The summed E-state index contributed by atoms with van der Waals surface area (Å²) in [6, 6.07) is 20.7. The Kier molecular flexibility index (Phi) is 9.65. The predicted molar refractivity (Wildman–Crippen MR) is 119 cm³/mol. The maximum Gasteiger partial charge on any atom is 0.103 e. The van der Waals surface area contributed by atoms with Gasteiger partial charge in [0.05, 0.1) is 18.8 Å². The summed E-state index contributed by atoms with van der Waals surface area (Å²) in [7, 11) is -0.0240. The van der Waals surface area contributed by atoms with Crippen LogP contribution in [0.4, 0.5) is 0 Å². The Bertz CT molecular complexity index is 686. The van der Waals surface area contributed by atoms with Crippen LogP contribution in [0.2, 0.25) is 13.1 Å². The number of rotatable bonds is 12. The second kappa shape index (κ2) is 12.0. The van der Waals surface area contributed by atoms with Gasteiger partial charge in [-0.3, -0.25) is 0 Å². The molecule has 0 radical (unpaired) electrons. The van der Waals surface area contributed by atoms with Crippen LogP contribution in [0.25, 0.3) is 0 Å². The highest BCUT2D eigenvalue weighted by atomic mass is 28.3. The Balaban J connectivity index is 1.71. The number of hydrogen-bond acceptors (Lipinski definition) is 3. The van der Waals surface area contributed by atoms with Gasteiger partial charge in [0, 0.05) is 13.7 Å². The zero-order valence-corrected chi connectivity index (χ0v) is 18.4. The average molecular weight is 399 g/mol. The number of benzene rings is 2. The summed E-state index contributed by atoms with van der Waals surface area (Å²) < 4.78 is 11.3. The molecule has 2 aromatic carbocycles. The standard InChI is InChI=1S/C24H34O3Si/c1-26-24(16-10-11-18-27-20-21-12-6-4-7-13-21)23(25)17-19-28(2,3)22-14-8-5-9-15-22/h4-9,12-15,17,19,23-25H,10-11,16,18,20H2,1-3H3/b19-17+/t23-,24-/m0/s1. The van der Waals surface area contributed by atoms with Gasteiger partial charge in [0.2, 0.25) is 0 Å². The molecular weight excluding hydrogens is 364 g/mol. The van der Waals surface area contributed by atoms with E-state index in [2.05, 4.69) is 55.2 Å². The van der Waals surface area contributed by atoms with Gasteiger partial charge in [-0.15, -0.1) is 0 Å². The van der Waals surface area contributed by atoms with Crippen LogP contribution >= 0.6 is 0 Å². The van der Waals surface area contributed by atoms with E-state index < -0.39 is 14.2 Å². The van der Waals surface area contributed by atoms with Gasteiger partial charge >= 0.3 is 0 Å². The summed E-state index contributed by atoms with van der Waals surface area (Å²) >= 11 is 0. The lowest BCUT2D eigenvalue weighted by Crippen LogP contribution is -2.40. The molecule has 0 aromatic heterocycles. The van der Waals surface area contributed by atoms with Crippen molar-refractivity contribution in [2.75, 3.05) is 13.7 Å². The van der Waals surface area contributed by atoms with Crippen molar-refractivity contribution in [2.24, 2.45) is 0 Å². The molecule has 0 aliphatic rings. The van der Waals surface area contributed by atoms with Crippen LogP contribution in [0.15, 0.2) is 72.4 Å². The third-order valence-corrected chi connectivity index (χ3v) is 7.90. The number of hydrogen-bond donors (Lipinski definition) is 1. The van der Waals surface area contributed by atoms with Crippen molar-refractivity contribution in [3.8, 4) is 0 Å². The quantitative estimate of drug-likeness (QED) is 0.424. The largest absolute Gasteiger partial charge is 0.386 e. The molecule has 0 saturated heterocycles. The molecule has 0 heterocycles. The first-order valence-corrected chi connectivity index (χ1v) is 13.2. The maximum absolute atomic E-state index is 10.5. The van der Waals surface area contributed by atoms with E-state index in [1.54, 1.807) is 7.11 Å². The van der Waals surface area contributed by atoms with Crippen molar-refractivity contribution < 1.29 is 14.6 Å². The van der Waals surface area contributed by atoms with E-state index in [-0.39, 0.29) is 6.10 Å². The highest BCUT2D eigenvalue weighted by Crippen LogP contribution is 2.13. The van der Waals surface area contributed by atoms with E-state index in [0.717, 1.165) is 25.9 Å². The van der Waals surface area contributed by atoms with Crippen LogP contribution in [-0.2, 0) is 16.1 Å². The Labute approximate surface area is 171 Å². The number of aliphatic hydroxyl groups excluding tert-OH is 1. The third kappa shape index (κ3) is 7.72. The number of ether oxygens (including phenoxy) is 2. The highest BCUT2D eigenvalue weighted by molar-refractivity contribution is 6.93. The SMILES string of the molecule is CO[C@@H](CCCCOCc1ccccc1)[C@@H](O)/C=C/[Si](C)(C)c1ccccc1. The molecule has 0 saturated carbocycles. The maximum atomic E-state index is 10.5. The average Bonchev–Trinajstić information content (AvgIpc) is 2.73. The minimum Gasteiger partial charge on any atom is -0.386 e. The van der Waals surface area contributed by atoms with Gasteiger partial charge in [0.1, 0.15) is 8.07 Å². The van der Waals surface area contributed by atoms with Crippen molar-refractivity contribution in [2.45, 2.75) is 51.2 Å². The van der Waals surface area contributed by atoms with Gasteiger partial charge in [0.15, 0.2) is 0 Å². The molecule has 1 N–H and O–H groups in total. The fourth-order valence-corrected chi connectivity index (χ4v) is 5.09. The first kappa shape index (κ1) is 22.6. The first-order chi connectivity index (χ1) is 13.5. The normalized spacial score (nSPS) is 14.3. The van der Waals surface area contributed by atoms with E-state index >= 15 is 0 Å². The minimum atomic E-state index is -1.70. The van der Waals surface area contributed by atoms with Crippen LogP contribution in [0.3, 0.4) is 0 Å². The summed E-state index contributed by atoms with van der Waals surface area (Å²) in [5.41, 5.74) is 3.41. The lowest BCUT2D eigenvalue weighted by molar-refractivity contribution is 0.00429. The number of unbranched alkanes of at least 4 members (excludes halogenated alkanes) is 1. The van der Waals surface area contributed by atoms with Gasteiger partial charge < -0.3 is 14.6 Å². The van der Waals surface area contributed by atoms with Crippen LogP contribution in [-0.4, -0.2) is 39.1 Å². The smallest absolute Gasteiger partial charge is 0.103 e. The van der Waals surface area contributed by atoms with Crippen LogP contribution in [0, 0.1) is 0 Å². The van der Waals surface area contributed by atoms with E-state index in [1.165, 1.54) is 10.8 Å². The summed E-state index contributed by atoms with van der Waals surface area (Å²) in [6.45, 7) is 5.96. The summed E-state index contributed by atoms with van der Waals surface area (Å²) in [5, 5.41) is 11.9. The molecule has 3 nitrogen and oxygen atoms in total. The van der Waals surface area contributed by atoms with E-state index in [1.807, 2.05) is 30.3 Å². The zero-order valence-electron chi connectivity index (χ0n) is 17.4. The lowest BCUT2D eigenvalue weighted by Gasteiger charge is -2.22. The third-order valence-electron chi connectivity index (χ3n) is 5.05. The summed E-state index contributed by atoms with van der Waals surface area (Å²) in [6.07, 6.45) is 3.94. The van der Waals surface area contributed by atoms with Crippen LogP contribution in [0.5, 0.6) is 0 Å². The van der Waals surface area contributed by atoms with E-state index in [0.29, 0.717) is 6.61 Å². The molecule has 0 amide bonds. The van der Waals surface area contributed by atoms with Crippen molar-refractivity contribution in [1.29, 1.82) is 0 Å². The second-order valence-electron chi connectivity index (χ2n) is 7.75. The van der Waals surface area contributed by atoms with Crippen LogP contribution < -0.4 is 5.19 Å². The van der Waals surface area contributed by atoms with Gasteiger partial charge in [-0.25, -0.2) is 0 Å². The van der Waals surface area contributed by atoms with Gasteiger partial charge in [0.25, 0.3) is 0 Å².